The molecular formula is C25H33N5O3. The van der Waals surface area contributed by atoms with Crippen molar-refractivity contribution in [3.8, 4) is 0 Å². The Bertz CT molecular complexity index is 981. The zero-order chi connectivity index (χ0) is 23.4. The Labute approximate surface area is 194 Å². The van der Waals surface area contributed by atoms with Crippen LogP contribution in [0.2, 0.25) is 0 Å². The second-order valence-corrected chi connectivity index (χ2v) is 9.05. The van der Waals surface area contributed by atoms with Crippen molar-refractivity contribution in [2.24, 2.45) is 18.7 Å². The number of nitrogens with one attached hydrogen (secondary N) is 1. The molecule has 1 aliphatic heterocycles. The van der Waals surface area contributed by atoms with E-state index in [0.29, 0.717) is 24.3 Å². The lowest BCUT2D eigenvalue weighted by molar-refractivity contribution is -0.133. The van der Waals surface area contributed by atoms with Crippen LogP contribution in [-0.4, -0.2) is 64.3 Å². The molecule has 1 saturated heterocycles. The Morgan fingerprint density at radius 3 is 2.30 bits per heavy atom. The predicted octanol–water partition coefficient (Wildman–Crippen LogP) is 1.68. The number of aromatic nitrogens is 1. The lowest BCUT2D eigenvalue weighted by atomic mass is 9.82. The number of nitrogens with two attached hydrogens (primary N) is 1. The molecule has 1 aliphatic carbocycles. The average molecular weight is 452 g/mol. The van der Waals surface area contributed by atoms with E-state index in [2.05, 4.69) is 10.2 Å². The van der Waals surface area contributed by atoms with Crippen LogP contribution in [0.25, 0.3) is 0 Å². The van der Waals surface area contributed by atoms with Crippen LogP contribution in [0.4, 0.5) is 0 Å². The number of aryl methyl sites for hydroxylation is 1. The van der Waals surface area contributed by atoms with Crippen LogP contribution in [0, 0.1) is 5.92 Å². The highest BCUT2D eigenvalue weighted by molar-refractivity contribution is 5.93. The van der Waals surface area contributed by atoms with E-state index in [1.807, 2.05) is 53.0 Å². The Morgan fingerprint density at radius 2 is 1.67 bits per heavy atom. The van der Waals surface area contributed by atoms with Gasteiger partial charge in [-0.15, -0.1) is 0 Å². The molecule has 3 atom stereocenters. The van der Waals surface area contributed by atoms with Gasteiger partial charge in [0.25, 0.3) is 5.91 Å². The second kappa shape index (κ2) is 10.2. The molecule has 1 aromatic carbocycles. The fourth-order valence-electron chi connectivity index (χ4n) is 5.17. The van der Waals surface area contributed by atoms with Gasteiger partial charge < -0.3 is 20.5 Å². The molecule has 0 spiro atoms. The maximum atomic E-state index is 13.3. The molecule has 0 bridgehead atoms. The van der Waals surface area contributed by atoms with Gasteiger partial charge in [-0.05, 0) is 30.5 Å². The van der Waals surface area contributed by atoms with Gasteiger partial charge in [0.1, 0.15) is 11.7 Å². The minimum absolute atomic E-state index is 0.0484. The van der Waals surface area contributed by atoms with Crippen molar-refractivity contribution < 1.29 is 14.4 Å². The smallest absolute Gasteiger partial charge is 0.270 e. The van der Waals surface area contributed by atoms with Gasteiger partial charge in [-0.2, -0.15) is 0 Å². The first-order chi connectivity index (χ1) is 16.0. The molecule has 3 amide bonds. The van der Waals surface area contributed by atoms with Gasteiger partial charge in [-0.3, -0.25) is 19.3 Å². The number of carbonyl (C=O) groups is 3. The lowest BCUT2D eigenvalue weighted by Gasteiger charge is -2.43. The van der Waals surface area contributed by atoms with Gasteiger partial charge in [0.15, 0.2) is 0 Å². The largest absolute Gasteiger partial charge is 0.368 e. The number of nitrogens with zero attached hydrogens (tertiary/aromatic N) is 3. The van der Waals surface area contributed by atoms with Gasteiger partial charge in [-0.25, -0.2) is 0 Å². The SMILES string of the molecule is Cn1cccc1C(=O)N1CCN([C@@H]2CCCC[C@H]2C(=O)N[C@H](C(N)=O)c2ccccc2)CC1. The Balaban J connectivity index is 1.40. The van der Waals surface area contributed by atoms with Crippen LogP contribution in [0.15, 0.2) is 48.7 Å². The summed E-state index contributed by atoms with van der Waals surface area (Å²) in [7, 11) is 1.88. The van der Waals surface area contributed by atoms with E-state index < -0.39 is 11.9 Å². The molecule has 1 saturated carbocycles. The minimum atomic E-state index is -0.832. The molecule has 0 unspecified atom stereocenters. The van der Waals surface area contributed by atoms with Crippen molar-refractivity contribution in [1.82, 2.24) is 19.7 Å². The summed E-state index contributed by atoms with van der Waals surface area (Å²) in [5, 5.41) is 2.92. The lowest BCUT2D eigenvalue weighted by Crippen LogP contribution is -2.56. The quantitative estimate of drug-likeness (QED) is 0.698. The van der Waals surface area contributed by atoms with Crippen LogP contribution >= 0.6 is 0 Å². The van der Waals surface area contributed by atoms with Crippen molar-refractivity contribution in [3.63, 3.8) is 0 Å². The molecule has 0 radical (unpaired) electrons. The molecule has 2 aromatic rings. The number of amides is 3. The zero-order valence-electron chi connectivity index (χ0n) is 19.2. The van der Waals surface area contributed by atoms with Crippen LogP contribution < -0.4 is 11.1 Å². The van der Waals surface area contributed by atoms with Gasteiger partial charge >= 0.3 is 0 Å². The highest BCUT2D eigenvalue weighted by atomic mass is 16.2. The highest BCUT2D eigenvalue weighted by Crippen LogP contribution is 2.30. The van der Waals surface area contributed by atoms with Gasteiger partial charge in [0.2, 0.25) is 11.8 Å². The van der Waals surface area contributed by atoms with E-state index in [1.165, 1.54) is 0 Å². The first-order valence-corrected chi connectivity index (χ1v) is 11.7. The van der Waals surface area contributed by atoms with E-state index in [4.69, 9.17) is 5.73 Å². The molecule has 176 valence electrons. The standard InChI is InChI=1S/C25H33N5O3/c1-28-13-7-12-21(28)25(33)30-16-14-29(15-17-30)20-11-6-5-10-19(20)24(32)27-22(23(26)31)18-8-3-2-4-9-18/h2-4,7-9,12-13,19-20,22H,5-6,10-11,14-17H2,1H3,(H2,26,31)(H,27,32)/t19-,20-,22+/m1/s1. The number of hydrogen-bond donors (Lipinski definition) is 2. The normalized spacial score (nSPS) is 22.5. The molecule has 4 rings (SSSR count). The fourth-order valence-corrected chi connectivity index (χ4v) is 5.17. The van der Waals surface area contributed by atoms with Crippen LogP contribution in [-0.2, 0) is 16.6 Å². The first kappa shape index (κ1) is 23.0. The Kier molecular flexibility index (Phi) is 7.13. The highest BCUT2D eigenvalue weighted by Gasteiger charge is 2.38. The molecule has 2 fully saturated rings. The van der Waals surface area contributed by atoms with Gasteiger partial charge in [0.05, 0.1) is 5.92 Å². The fraction of sp³-hybridized carbons (Fsp3) is 0.480. The molecular weight excluding hydrogens is 418 g/mol. The number of piperazine rings is 1. The number of hydrogen-bond acceptors (Lipinski definition) is 4. The summed E-state index contributed by atoms with van der Waals surface area (Å²) in [6.07, 6.45) is 5.68. The number of benzene rings is 1. The molecule has 8 nitrogen and oxygen atoms in total. The third-order valence-electron chi connectivity index (χ3n) is 7.00. The molecule has 1 aromatic heterocycles. The van der Waals surface area contributed by atoms with Crippen molar-refractivity contribution in [2.45, 2.75) is 37.8 Å². The minimum Gasteiger partial charge on any atom is -0.368 e. The summed E-state index contributed by atoms with van der Waals surface area (Å²) in [4.78, 5) is 42.4. The molecule has 33 heavy (non-hydrogen) atoms. The van der Waals surface area contributed by atoms with Crippen LogP contribution in [0.1, 0.15) is 47.8 Å². The summed E-state index contributed by atoms with van der Waals surface area (Å²) in [5.41, 5.74) is 7.00. The molecule has 2 aliphatic rings. The predicted molar refractivity (Wildman–Crippen MR) is 125 cm³/mol. The topological polar surface area (TPSA) is 101 Å². The van der Waals surface area contributed by atoms with E-state index in [0.717, 1.165) is 38.8 Å². The number of carbonyl (C=O) groups excluding carboxylic acids is 3. The van der Waals surface area contributed by atoms with E-state index in [1.54, 1.807) is 12.1 Å². The molecule has 3 N–H and O–H groups in total. The molecule has 2 heterocycles. The van der Waals surface area contributed by atoms with Crippen LogP contribution in [0.3, 0.4) is 0 Å². The van der Waals surface area contributed by atoms with Crippen molar-refractivity contribution in [2.75, 3.05) is 26.2 Å². The van der Waals surface area contributed by atoms with Gasteiger partial charge in [0, 0.05) is 45.5 Å². The summed E-state index contributed by atoms with van der Waals surface area (Å²) in [6.45, 7) is 2.76. The van der Waals surface area contributed by atoms with E-state index >= 15 is 0 Å². The van der Waals surface area contributed by atoms with Crippen molar-refractivity contribution in [1.29, 1.82) is 0 Å². The monoisotopic (exact) mass is 451 g/mol. The summed E-state index contributed by atoms with van der Waals surface area (Å²) in [6, 6.07) is 12.1. The van der Waals surface area contributed by atoms with Crippen molar-refractivity contribution in [3.05, 3.63) is 59.9 Å². The number of primary amides is 1. The Morgan fingerprint density at radius 1 is 0.970 bits per heavy atom. The second-order valence-electron chi connectivity index (χ2n) is 9.05. The number of rotatable bonds is 6. The third-order valence-corrected chi connectivity index (χ3v) is 7.00. The van der Waals surface area contributed by atoms with Crippen molar-refractivity contribution >= 4 is 17.7 Å². The first-order valence-electron chi connectivity index (χ1n) is 11.7. The van der Waals surface area contributed by atoms with Gasteiger partial charge in [-0.1, -0.05) is 43.2 Å². The van der Waals surface area contributed by atoms with Crippen LogP contribution in [0.5, 0.6) is 0 Å². The summed E-state index contributed by atoms with van der Waals surface area (Å²) in [5.74, 6) is -0.823. The Hall–Kier alpha value is -3.13. The average Bonchev–Trinajstić information content (AvgIpc) is 3.28. The summed E-state index contributed by atoms with van der Waals surface area (Å²) < 4.78 is 1.85. The maximum absolute atomic E-state index is 13.3. The van der Waals surface area contributed by atoms with E-state index in [-0.39, 0.29) is 23.8 Å². The zero-order valence-corrected chi connectivity index (χ0v) is 19.2. The van der Waals surface area contributed by atoms with E-state index in [9.17, 15) is 14.4 Å². The maximum Gasteiger partial charge on any atom is 0.270 e. The third kappa shape index (κ3) is 5.11. The molecule has 8 heteroatoms. The summed E-state index contributed by atoms with van der Waals surface area (Å²) >= 11 is 0.